The monoisotopic (exact) mass is 439 g/mol. The summed E-state index contributed by atoms with van der Waals surface area (Å²) in [6, 6.07) is 15.1. The van der Waals surface area contributed by atoms with Crippen molar-refractivity contribution in [3.05, 3.63) is 54.1 Å². The first-order valence-corrected chi connectivity index (χ1v) is 11.3. The van der Waals surface area contributed by atoms with Gasteiger partial charge in [-0.1, -0.05) is 53.4 Å². The van der Waals surface area contributed by atoms with Crippen molar-refractivity contribution >= 4 is 57.1 Å². The van der Waals surface area contributed by atoms with Gasteiger partial charge in [-0.15, -0.1) is 10.2 Å². The van der Waals surface area contributed by atoms with Gasteiger partial charge in [-0.2, -0.15) is 0 Å². The van der Waals surface area contributed by atoms with Gasteiger partial charge in [0.05, 0.1) is 17.1 Å². The van der Waals surface area contributed by atoms with E-state index >= 15 is 0 Å². The summed E-state index contributed by atoms with van der Waals surface area (Å²) in [5.74, 6) is 0.0558. The van der Waals surface area contributed by atoms with Gasteiger partial charge in [-0.25, -0.2) is 0 Å². The van der Waals surface area contributed by atoms with Crippen LogP contribution in [0.3, 0.4) is 0 Å². The van der Waals surface area contributed by atoms with Crippen LogP contribution in [0.1, 0.15) is 18.9 Å². The predicted molar refractivity (Wildman–Crippen MR) is 122 cm³/mol. The molecule has 4 rings (SSSR count). The molecule has 7 nitrogen and oxygen atoms in total. The summed E-state index contributed by atoms with van der Waals surface area (Å²) in [7, 11) is 0. The van der Waals surface area contributed by atoms with E-state index in [4.69, 9.17) is 0 Å². The summed E-state index contributed by atoms with van der Waals surface area (Å²) < 4.78 is 0.712. The number of amides is 2. The molecule has 0 spiro atoms. The van der Waals surface area contributed by atoms with Gasteiger partial charge in [-0.3, -0.25) is 9.59 Å². The summed E-state index contributed by atoms with van der Waals surface area (Å²) in [5, 5.41) is 15.2. The van der Waals surface area contributed by atoms with Gasteiger partial charge in [0.25, 0.3) is 0 Å². The number of rotatable bonds is 5. The van der Waals surface area contributed by atoms with Crippen LogP contribution in [-0.2, 0) is 9.59 Å². The Balaban J connectivity index is 1.44. The number of anilines is 4. The molecule has 1 aromatic heterocycles. The maximum atomic E-state index is 13.1. The molecule has 9 heteroatoms. The fourth-order valence-corrected chi connectivity index (χ4v) is 4.93. The van der Waals surface area contributed by atoms with E-state index in [0.29, 0.717) is 15.2 Å². The fourth-order valence-electron chi connectivity index (χ4n) is 3.31. The van der Waals surface area contributed by atoms with Gasteiger partial charge >= 0.3 is 0 Å². The molecule has 0 bridgehead atoms. The van der Waals surface area contributed by atoms with E-state index in [9.17, 15) is 9.59 Å². The van der Waals surface area contributed by atoms with Gasteiger partial charge in [0.2, 0.25) is 16.9 Å². The van der Waals surface area contributed by atoms with E-state index in [2.05, 4.69) is 20.8 Å². The Kier molecular flexibility index (Phi) is 6.01. The molecule has 0 radical (unpaired) electrons. The van der Waals surface area contributed by atoms with Crippen LogP contribution in [0.15, 0.2) is 52.9 Å². The molecule has 0 fully saturated rings. The van der Waals surface area contributed by atoms with Crippen LogP contribution < -0.4 is 15.5 Å². The lowest BCUT2D eigenvalue weighted by Gasteiger charge is -2.27. The molecule has 2 amide bonds. The second-order valence-electron chi connectivity index (χ2n) is 6.98. The number of carbonyl (C=O) groups excluding carboxylic acids is 2. The fraction of sp³-hybridized carbons (Fsp3) is 0.238. The van der Waals surface area contributed by atoms with Crippen molar-refractivity contribution in [1.82, 2.24) is 10.2 Å². The summed E-state index contributed by atoms with van der Waals surface area (Å²) in [6.07, 6.45) is 0.258. The predicted octanol–water partition coefficient (Wildman–Crippen LogP) is 4.45. The largest absolute Gasteiger partial charge is 0.330 e. The molecule has 0 aliphatic carbocycles. The number of nitrogens with zero attached hydrogens (tertiary/aromatic N) is 3. The van der Waals surface area contributed by atoms with Gasteiger partial charge in [0, 0.05) is 18.2 Å². The van der Waals surface area contributed by atoms with Crippen LogP contribution in [0.4, 0.5) is 22.2 Å². The Morgan fingerprint density at radius 3 is 2.83 bits per heavy atom. The zero-order valence-corrected chi connectivity index (χ0v) is 18.2. The average Bonchev–Trinajstić information content (AvgIpc) is 3.11. The maximum absolute atomic E-state index is 13.1. The molecule has 0 saturated carbocycles. The molecule has 2 aromatic carbocycles. The number of carbonyl (C=O) groups is 2. The molecule has 1 atom stereocenters. The minimum atomic E-state index is -0.227. The molecule has 154 valence electrons. The molecule has 2 N–H and O–H groups in total. The van der Waals surface area contributed by atoms with Crippen molar-refractivity contribution in [2.45, 2.75) is 30.6 Å². The minimum Gasteiger partial charge on any atom is -0.330 e. The van der Waals surface area contributed by atoms with Crippen molar-refractivity contribution < 1.29 is 9.59 Å². The maximum Gasteiger partial charge on any atom is 0.237 e. The number of aryl methyl sites for hydroxylation is 1. The molecule has 2 heterocycles. The molecular weight excluding hydrogens is 418 g/mol. The number of fused-ring (bicyclic) bond motifs is 1. The zero-order chi connectivity index (χ0) is 21.1. The summed E-state index contributed by atoms with van der Waals surface area (Å²) in [4.78, 5) is 26.9. The lowest BCUT2D eigenvalue weighted by Crippen LogP contribution is -2.40. The van der Waals surface area contributed by atoms with E-state index in [1.807, 2.05) is 62.4 Å². The normalized spacial score (nSPS) is 15.9. The molecule has 1 aliphatic rings. The highest BCUT2D eigenvalue weighted by atomic mass is 32.2. The number of nitrogens with one attached hydrogen (secondary N) is 2. The molecule has 3 aromatic rings. The third-order valence-electron chi connectivity index (χ3n) is 4.74. The quantitative estimate of drug-likeness (QED) is 0.571. The number of aromatic nitrogens is 2. The van der Waals surface area contributed by atoms with Crippen molar-refractivity contribution in [3.63, 3.8) is 0 Å². The van der Waals surface area contributed by atoms with E-state index in [1.165, 1.54) is 23.1 Å². The topological polar surface area (TPSA) is 87.2 Å². The Hall–Kier alpha value is -2.91. The number of benzene rings is 2. The SMILES string of the molecule is Cc1ccccc1Nc1nnc(SCC(=O)N2c3ccccc3NC(=O)C[C@H]2C)s1. The lowest BCUT2D eigenvalue weighted by atomic mass is 10.2. The van der Waals surface area contributed by atoms with E-state index in [0.717, 1.165) is 16.9 Å². The summed E-state index contributed by atoms with van der Waals surface area (Å²) in [6.45, 7) is 3.91. The Labute approximate surface area is 182 Å². The highest BCUT2D eigenvalue weighted by Crippen LogP contribution is 2.33. The number of thioether (sulfide) groups is 1. The van der Waals surface area contributed by atoms with Crippen molar-refractivity contribution in [1.29, 1.82) is 0 Å². The van der Waals surface area contributed by atoms with E-state index < -0.39 is 0 Å². The van der Waals surface area contributed by atoms with Gasteiger partial charge < -0.3 is 15.5 Å². The highest BCUT2D eigenvalue weighted by molar-refractivity contribution is 8.01. The minimum absolute atomic E-state index is 0.0694. The van der Waals surface area contributed by atoms with E-state index in [-0.39, 0.29) is 30.0 Å². The van der Waals surface area contributed by atoms with Crippen LogP contribution >= 0.6 is 23.1 Å². The van der Waals surface area contributed by atoms with Gasteiger partial charge in [0.15, 0.2) is 4.34 Å². The highest BCUT2D eigenvalue weighted by Gasteiger charge is 2.29. The van der Waals surface area contributed by atoms with Crippen LogP contribution in [0.25, 0.3) is 0 Å². The molecular formula is C21H21N5O2S2. The van der Waals surface area contributed by atoms with Crippen LogP contribution in [0.2, 0.25) is 0 Å². The molecule has 0 unspecified atom stereocenters. The van der Waals surface area contributed by atoms with Crippen LogP contribution in [0, 0.1) is 6.92 Å². The standard InChI is InChI=1S/C21H21N5O2S2/c1-13-7-3-4-8-15(13)23-20-24-25-21(30-20)29-12-19(28)26-14(2)11-18(27)22-16-9-5-6-10-17(16)26/h3-10,14H,11-12H2,1-2H3,(H,22,27)(H,23,24)/t14-/m1/s1. The van der Waals surface area contributed by atoms with Crippen molar-refractivity contribution in [2.24, 2.45) is 0 Å². The first-order valence-electron chi connectivity index (χ1n) is 9.51. The average molecular weight is 440 g/mol. The third-order valence-corrected chi connectivity index (χ3v) is 6.70. The first-order chi connectivity index (χ1) is 14.5. The lowest BCUT2D eigenvalue weighted by molar-refractivity contribution is -0.117. The summed E-state index contributed by atoms with van der Waals surface area (Å²) in [5.41, 5.74) is 3.48. The van der Waals surface area contributed by atoms with Gasteiger partial charge in [-0.05, 0) is 37.6 Å². The number of hydrogen-bond acceptors (Lipinski definition) is 7. The Morgan fingerprint density at radius 1 is 1.23 bits per heavy atom. The number of hydrogen-bond donors (Lipinski definition) is 2. The molecule has 1 aliphatic heterocycles. The smallest absolute Gasteiger partial charge is 0.237 e. The zero-order valence-electron chi connectivity index (χ0n) is 16.6. The van der Waals surface area contributed by atoms with Crippen molar-refractivity contribution in [2.75, 3.05) is 21.3 Å². The third kappa shape index (κ3) is 4.47. The van der Waals surface area contributed by atoms with Crippen LogP contribution in [-0.4, -0.2) is 33.8 Å². The Morgan fingerprint density at radius 2 is 2.00 bits per heavy atom. The summed E-state index contributed by atoms with van der Waals surface area (Å²) >= 11 is 2.76. The number of para-hydroxylation sites is 3. The second-order valence-corrected chi connectivity index (χ2v) is 9.18. The molecule has 0 saturated heterocycles. The second kappa shape index (κ2) is 8.85. The van der Waals surface area contributed by atoms with Crippen LogP contribution in [0.5, 0.6) is 0 Å². The first kappa shape index (κ1) is 20.4. The Bertz CT molecular complexity index is 1080. The van der Waals surface area contributed by atoms with Gasteiger partial charge in [0.1, 0.15) is 0 Å². The van der Waals surface area contributed by atoms with Crippen molar-refractivity contribution in [3.8, 4) is 0 Å². The molecule has 30 heavy (non-hydrogen) atoms. The van der Waals surface area contributed by atoms with E-state index in [1.54, 1.807) is 4.90 Å².